The molecule has 0 aliphatic rings. The Balaban J connectivity index is 2.23. The summed E-state index contributed by atoms with van der Waals surface area (Å²) in [6.07, 6.45) is 4.36. The van der Waals surface area contributed by atoms with Crippen LogP contribution in [0.3, 0.4) is 0 Å². The summed E-state index contributed by atoms with van der Waals surface area (Å²) in [5.74, 6) is -0.921. The second-order valence-electron chi connectivity index (χ2n) is 6.66. The number of nitrogens with one attached hydrogen (secondary N) is 1. The minimum atomic E-state index is -0.610. The molecule has 2 aromatic rings. The molecule has 0 fully saturated rings. The van der Waals surface area contributed by atoms with Crippen molar-refractivity contribution >= 4 is 17.5 Å². The lowest BCUT2D eigenvalue weighted by Gasteiger charge is -2.21. The Morgan fingerprint density at radius 3 is 2.40 bits per heavy atom. The number of aromatic nitrogens is 1. The quantitative estimate of drug-likeness (QED) is 0.870. The van der Waals surface area contributed by atoms with Gasteiger partial charge in [0.25, 0.3) is 5.91 Å². The SMILES string of the molecule is CC(C)C[C@@H](C(=O)Nc1ccc(F)c(C(=O)N(C)C)c1)n1cccc1. The molecular formula is C19H24FN3O2. The highest BCUT2D eigenvalue weighted by molar-refractivity contribution is 5.98. The molecule has 5 nitrogen and oxygen atoms in total. The summed E-state index contributed by atoms with van der Waals surface area (Å²) in [5.41, 5.74) is 0.335. The van der Waals surface area contributed by atoms with E-state index in [4.69, 9.17) is 0 Å². The van der Waals surface area contributed by atoms with Gasteiger partial charge in [0.1, 0.15) is 11.9 Å². The first-order chi connectivity index (χ1) is 11.8. The molecule has 0 unspecified atom stereocenters. The largest absolute Gasteiger partial charge is 0.345 e. The first-order valence-corrected chi connectivity index (χ1v) is 8.24. The van der Waals surface area contributed by atoms with E-state index in [1.54, 1.807) is 14.1 Å². The van der Waals surface area contributed by atoms with Crippen LogP contribution in [0.25, 0.3) is 0 Å². The second kappa shape index (κ2) is 7.96. The summed E-state index contributed by atoms with van der Waals surface area (Å²) in [7, 11) is 3.11. The summed E-state index contributed by atoms with van der Waals surface area (Å²) in [4.78, 5) is 26.1. The van der Waals surface area contributed by atoms with Crippen LogP contribution >= 0.6 is 0 Å². The number of rotatable bonds is 6. The van der Waals surface area contributed by atoms with Crippen LogP contribution in [0, 0.1) is 11.7 Å². The first-order valence-electron chi connectivity index (χ1n) is 8.24. The predicted octanol–water partition coefficient (Wildman–Crippen LogP) is 3.55. The number of amides is 2. The van der Waals surface area contributed by atoms with Gasteiger partial charge in [0, 0.05) is 32.2 Å². The Bertz CT molecular complexity index is 739. The Morgan fingerprint density at radius 2 is 1.84 bits per heavy atom. The van der Waals surface area contributed by atoms with E-state index in [9.17, 15) is 14.0 Å². The number of carbonyl (C=O) groups excluding carboxylic acids is 2. The molecule has 25 heavy (non-hydrogen) atoms. The maximum atomic E-state index is 13.9. The maximum Gasteiger partial charge on any atom is 0.256 e. The molecular weight excluding hydrogens is 321 g/mol. The van der Waals surface area contributed by atoms with E-state index in [0.717, 1.165) is 0 Å². The van der Waals surface area contributed by atoms with Gasteiger partial charge in [-0.05, 0) is 42.7 Å². The standard InChI is InChI=1S/C19H24FN3O2/c1-13(2)11-17(23-9-5-6-10-23)18(24)21-14-7-8-16(20)15(12-14)19(25)22(3)4/h5-10,12-13,17H,11H2,1-4H3,(H,21,24)/t17-/m0/s1. The fraction of sp³-hybridized carbons (Fsp3) is 0.368. The van der Waals surface area contributed by atoms with E-state index in [0.29, 0.717) is 18.0 Å². The molecule has 0 saturated carbocycles. The van der Waals surface area contributed by atoms with Gasteiger partial charge in [0.05, 0.1) is 5.56 Å². The van der Waals surface area contributed by atoms with Gasteiger partial charge < -0.3 is 14.8 Å². The van der Waals surface area contributed by atoms with Gasteiger partial charge in [-0.2, -0.15) is 0 Å². The third-order valence-corrected chi connectivity index (χ3v) is 3.86. The van der Waals surface area contributed by atoms with Crippen molar-refractivity contribution in [3.8, 4) is 0 Å². The van der Waals surface area contributed by atoms with Crippen molar-refractivity contribution in [2.45, 2.75) is 26.3 Å². The van der Waals surface area contributed by atoms with E-state index in [-0.39, 0.29) is 17.5 Å². The number of anilines is 1. The molecule has 0 spiro atoms. The Hall–Kier alpha value is -2.63. The van der Waals surface area contributed by atoms with E-state index >= 15 is 0 Å². The lowest BCUT2D eigenvalue weighted by atomic mass is 10.0. The Kier molecular flexibility index (Phi) is 5.96. The smallest absolute Gasteiger partial charge is 0.256 e. The third kappa shape index (κ3) is 4.68. The first kappa shape index (κ1) is 18.7. The van der Waals surface area contributed by atoms with Crippen LogP contribution in [-0.2, 0) is 4.79 Å². The molecule has 0 bridgehead atoms. The monoisotopic (exact) mass is 345 g/mol. The molecule has 0 aliphatic carbocycles. The van der Waals surface area contributed by atoms with Gasteiger partial charge >= 0.3 is 0 Å². The Morgan fingerprint density at radius 1 is 1.20 bits per heavy atom. The molecule has 1 N–H and O–H groups in total. The zero-order valence-electron chi connectivity index (χ0n) is 15.0. The molecule has 2 amide bonds. The number of carbonyl (C=O) groups is 2. The van der Waals surface area contributed by atoms with Crippen LogP contribution in [0.4, 0.5) is 10.1 Å². The number of hydrogen-bond donors (Lipinski definition) is 1. The molecule has 1 aromatic carbocycles. The summed E-state index contributed by atoms with van der Waals surface area (Å²) in [6.45, 7) is 4.10. The normalized spacial score (nSPS) is 12.1. The average molecular weight is 345 g/mol. The van der Waals surface area contributed by atoms with E-state index in [1.807, 2.05) is 29.1 Å². The predicted molar refractivity (Wildman–Crippen MR) is 96.0 cm³/mol. The minimum absolute atomic E-state index is 0.0656. The highest BCUT2D eigenvalue weighted by atomic mass is 19.1. The van der Waals surface area contributed by atoms with Crippen LogP contribution in [0.15, 0.2) is 42.7 Å². The van der Waals surface area contributed by atoms with Crippen LogP contribution in [0.2, 0.25) is 0 Å². The van der Waals surface area contributed by atoms with E-state index < -0.39 is 11.7 Å². The number of nitrogens with zero attached hydrogens (tertiary/aromatic N) is 2. The highest BCUT2D eigenvalue weighted by Crippen LogP contribution is 2.22. The van der Waals surface area contributed by atoms with Crippen LogP contribution < -0.4 is 5.32 Å². The van der Waals surface area contributed by atoms with Gasteiger partial charge in [0.15, 0.2) is 0 Å². The van der Waals surface area contributed by atoms with Crippen LogP contribution in [0.5, 0.6) is 0 Å². The summed E-state index contributed by atoms with van der Waals surface area (Å²) < 4.78 is 15.8. The number of hydrogen-bond acceptors (Lipinski definition) is 2. The topological polar surface area (TPSA) is 54.3 Å². The third-order valence-electron chi connectivity index (χ3n) is 3.86. The molecule has 1 atom stereocenters. The number of halogens is 1. The van der Waals surface area contributed by atoms with Crippen molar-refractivity contribution in [2.75, 3.05) is 19.4 Å². The second-order valence-corrected chi connectivity index (χ2v) is 6.66. The molecule has 0 saturated heterocycles. The minimum Gasteiger partial charge on any atom is -0.345 e. The summed E-state index contributed by atoms with van der Waals surface area (Å²) >= 11 is 0. The number of benzene rings is 1. The van der Waals surface area contributed by atoms with E-state index in [2.05, 4.69) is 19.2 Å². The molecule has 1 aromatic heterocycles. The van der Waals surface area contributed by atoms with Crippen molar-refractivity contribution in [1.29, 1.82) is 0 Å². The van der Waals surface area contributed by atoms with Gasteiger partial charge in [-0.25, -0.2) is 4.39 Å². The van der Waals surface area contributed by atoms with Crippen LogP contribution in [-0.4, -0.2) is 35.4 Å². The van der Waals surface area contributed by atoms with Gasteiger partial charge in [-0.15, -0.1) is 0 Å². The summed E-state index contributed by atoms with van der Waals surface area (Å²) in [5, 5.41) is 2.80. The van der Waals surface area contributed by atoms with Crippen LogP contribution in [0.1, 0.15) is 36.7 Å². The van der Waals surface area contributed by atoms with Gasteiger partial charge in [-0.3, -0.25) is 9.59 Å². The fourth-order valence-corrected chi connectivity index (χ4v) is 2.60. The van der Waals surface area contributed by atoms with Crippen molar-refractivity contribution in [3.63, 3.8) is 0 Å². The molecule has 1 heterocycles. The molecule has 2 rings (SSSR count). The van der Waals surface area contributed by atoms with Crippen molar-refractivity contribution in [1.82, 2.24) is 9.47 Å². The van der Waals surface area contributed by atoms with E-state index in [1.165, 1.54) is 23.1 Å². The summed E-state index contributed by atoms with van der Waals surface area (Å²) in [6, 6.07) is 7.39. The fourth-order valence-electron chi connectivity index (χ4n) is 2.60. The molecule has 0 radical (unpaired) electrons. The Labute approximate surface area is 147 Å². The lowest BCUT2D eigenvalue weighted by molar-refractivity contribution is -0.119. The highest BCUT2D eigenvalue weighted by Gasteiger charge is 2.22. The zero-order valence-corrected chi connectivity index (χ0v) is 15.0. The van der Waals surface area contributed by atoms with Crippen molar-refractivity contribution in [2.24, 2.45) is 5.92 Å². The van der Waals surface area contributed by atoms with Crippen molar-refractivity contribution in [3.05, 3.63) is 54.1 Å². The lowest BCUT2D eigenvalue weighted by Crippen LogP contribution is -2.27. The molecule has 0 aliphatic heterocycles. The molecule has 6 heteroatoms. The average Bonchev–Trinajstić information content (AvgIpc) is 3.07. The van der Waals surface area contributed by atoms with Crippen molar-refractivity contribution < 1.29 is 14.0 Å². The van der Waals surface area contributed by atoms with Gasteiger partial charge in [0.2, 0.25) is 5.91 Å². The zero-order chi connectivity index (χ0) is 18.6. The maximum absolute atomic E-state index is 13.9. The molecule has 134 valence electrons. The van der Waals surface area contributed by atoms with Gasteiger partial charge in [-0.1, -0.05) is 13.8 Å².